The van der Waals surface area contributed by atoms with Crippen molar-refractivity contribution in [1.82, 2.24) is 0 Å². The molecule has 0 N–H and O–H groups in total. The molecule has 0 bridgehead atoms. The number of nitro benzene ring substituents is 3. The van der Waals surface area contributed by atoms with Crippen LogP contribution in [0.4, 0.5) is 36.2 Å². The molecule has 0 aliphatic heterocycles. The molecule has 4 rings (SSSR count). The zero-order chi connectivity index (χ0) is 53.8. The Balaban J connectivity index is 1.53. The van der Waals surface area contributed by atoms with E-state index in [0.29, 0.717) is 0 Å². The maximum absolute atomic E-state index is 13.9. The van der Waals surface area contributed by atoms with Gasteiger partial charge >= 0.3 is 42.5 Å². The number of non-ortho nitro benzene ring substituents is 3. The Morgan fingerprint density at radius 3 is 0.918 bits per heavy atom. The molecule has 0 radical (unpaired) electrons. The Kier molecular flexibility index (Phi) is 19.6. The van der Waals surface area contributed by atoms with Crippen LogP contribution in [-0.2, 0) is 47.5 Å². The summed E-state index contributed by atoms with van der Waals surface area (Å²) in [5.74, 6) is -2.40. The van der Waals surface area contributed by atoms with Crippen LogP contribution in [0.15, 0.2) is 103 Å². The Hall–Kier alpha value is -9.87. The van der Waals surface area contributed by atoms with Crippen LogP contribution in [0.3, 0.4) is 0 Å². The number of para-hydroxylation sites is 1. The second-order valence-electron chi connectivity index (χ2n) is 15.7. The maximum Gasteiger partial charge on any atom is 0.513 e. The molecule has 4 aromatic rings. The maximum atomic E-state index is 13.9. The Morgan fingerprint density at radius 1 is 0.411 bits per heavy atom. The van der Waals surface area contributed by atoms with Gasteiger partial charge < -0.3 is 52.1 Å². The van der Waals surface area contributed by atoms with Gasteiger partial charge in [-0.25, -0.2) is 19.2 Å². The molecule has 27 heteroatoms. The standard InChI is InChI=1S/C46H41N3O24/c1-5-23-63-37(50)44(2,24-64-38(51)45(3,26-66-40(53)70-33-9-7-6-8-10-33)27-67-41(54)71-34-17-11-30(12-18-34)47(57)58)25-65-39(52)46(4,28-68-42(55)72-35-19-13-31(14-20-35)48(59)60)29-69-43(56)73-36-21-15-32(16-22-36)49(61)62/h1,6-22H,23-29H2,2-4H3. The second-order valence-corrected chi connectivity index (χ2v) is 15.7. The zero-order valence-corrected chi connectivity index (χ0v) is 38.5. The van der Waals surface area contributed by atoms with Crippen molar-refractivity contribution in [2.24, 2.45) is 16.2 Å². The molecule has 0 aromatic heterocycles. The van der Waals surface area contributed by atoms with E-state index in [1.807, 2.05) is 0 Å². The first-order chi connectivity index (χ1) is 34.5. The predicted molar refractivity (Wildman–Crippen MR) is 240 cm³/mol. The molecule has 0 heterocycles. The summed E-state index contributed by atoms with van der Waals surface area (Å²) in [5, 5.41) is 33.1. The van der Waals surface area contributed by atoms with Crippen molar-refractivity contribution >= 4 is 59.6 Å². The third-order valence-electron chi connectivity index (χ3n) is 9.53. The summed E-state index contributed by atoms with van der Waals surface area (Å²) >= 11 is 0. The summed E-state index contributed by atoms with van der Waals surface area (Å²) in [7, 11) is 0. The van der Waals surface area contributed by atoms with Gasteiger partial charge in [-0.05, 0) is 69.3 Å². The lowest BCUT2D eigenvalue weighted by Gasteiger charge is -2.31. The number of hydrogen-bond donors (Lipinski definition) is 0. The minimum absolute atomic E-state index is 0.0501. The molecule has 0 fully saturated rings. The molecule has 27 nitrogen and oxygen atoms in total. The third-order valence-corrected chi connectivity index (χ3v) is 9.53. The lowest BCUT2D eigenvalue weighted by molar-refractivity contribution is -0.385. The first-order valence-corrected chi connectivity index (χ1v) is 20.7. The summed E-state index contributed by atoms with van der Waals surface area (Å²) in [6.07, 6.45) is -0.385. The average molecular weight is 1020 g/mol. The number of esters is 3. The number of rotatable bonds is 23. The molecule has 0 saturated carbocycles. The van der Waals surface area contributed by atoms with E-state index in [4.69, 9.17) is 58.5 Å². The number of carbonyl (C=O) groups excluding carboxylic acids is 7. The van der Waals surface area contributed by atoms with Crippen LogP contribution in [0.5, 0.6) is 23.0 Å². The van der Waals surface area contributed by atoms with Gasteiger partial charge in [0.15, 0.2) is 6.61 Å². The minimum atomic E-state index is -2.20. The van der Waals surface area contributed by atoms with Crippen molar-refractivity contribution in [3.8, 4) is 35.3 Å². The molecule has 2 unspecified atom stereocenters. The fourth-order valence-electron chi connectivity index (χ4n) is 5.33. The van der Waals surface area contributed by atoms with E-state index in [1.54, 1.807) is 18.2 Å². The van der Waals surface area contributed by atoms with E-state index < -0.39 is 120 Å². The SMILES string of the molecule is C#CCOC(=O)C(C)(COC(=O)C(C)(COC(=O)Oc1ccccc1)COC(=O)Oc1ccc([N+](=O)[O-])cc1)COC(=O)C(C)(COC(=O)Oc1ccc([N+](=O)[O-])cc1)COC(=O)Oc1ccc([N+](=O)[O-])cc1. The molecular weight excluding hydrogens is 979 g/mol. The van der Waals surface area contributed by atoms with Crippen LogP contribution in [0, 0.1) is 58.9 Å². The third kappa shape index (κ3) is 17.2. The van der Waals surface area contributed by atoms with Gasteiger partial charge in [-0.2, -0.15) is 0 Å². The van der Waals surface area contributed by atoms with Crippen LogP contribution in [0.2, 0.25) is 0 Å². The summed E-state index contributed by atoms with van der Waals surface area (Å²) < 4.78 is 56.7. The van der Waals surface area contributed by atoms with E-state index >= 15 is 0 Å². The highest BCUT2D eigenvalue weighted by Gasteiger charge is 2.46. The van der Waals surface area contributed by atoms with E-state index in [1.165, 1.54) is 12.1 Å². The number of benzene rings is 4. The van der Waals surface area contributed by atoms with Crippen molar-refractivity contribution < 1.29 is 100 Å². The van der Waals surface area contributed by atoms with Crippen LogP contribution in [0.25, 0.3) is 0 Å². The highest BCUT2D eigenvalue weighted by molar-refractivity contribution is 5.82. The highest BCUT2D eigenvalue weighted by Crippen LogP contribution is 2.29. The molecule has 0 spiro atoms. The van der Waals surface area contributed by atoms with Gasteiger partial charge in [-0.15, -0.1) is 6.42 Å². The topological polar surface area (TPSA) is 350 Å². The zero-order valence-electron chi connectivity index (χ0n) is 38.5. The summed E-state index contributed by atoms with van der Waals surface area (Å²) in [6.45, 7) is -3.22. The monoisotopic (exact) mass is 1020 g/mol. The van der Waals surface area contributed by atoms with Crippen molar-refractivity contribution in [3.63, 3.8) is 0 Å². The predicted octanol–water partition coefficient (Wildman–Crippen LogP) is 6.86. The van der Waals surface area contributed by atoms with Gasteiger partial charge in [0.2, 0.25) is 0 Å². The number of terminal acetylenes is 1. The molecule has 73 heavy (non-hydrogen) atoms. The minimum Gasteiger partial charge on any atom is -0.464 e. The fourth-order valence-corrected chi connectivity index (χ4v) is 5.33. The van der Waals surface area contributed by atoms with Crippen molar-refractivity contribution in [3.05, 3.63) is 133 Å². The summed E-state index contributed by atoms with van der Waals surface area (Å²) in [4.78, 5) is 123. The van der Waals surface area contributed by atoms with Crippen molar-refractivity contribution in [2.45, 2.75) is 20.8 Å². The first-order valence-electron chi connectivity index (χ1n) is 20.7. The molecule has 0 saturated heterocycles. The molecule has 4 aromatic carbocycles. The highest BCUT2D eigenvalue weighted by atomic mass is 16.7. The van der Waals surface area contributed by atoms with Crippen molar-refractivity contribution in [2.75, 3.05) is 46.2 Å². The van der Waals surface area contributed by atoms with E-state index in [-0.39, 0.29) is 40.1 Å². The van der Waals surface area contributed by atoms with E-state index in [0.717, 1.165) is 93.6 Å². The van der Waals surface area contributed by atoms with Crippen LogP contribution in [-0.4, -0.2) is 104 Å². The normalized spacial score (nSPS) is 12.2. The van der Waals surface area contributed by atoms with Gasteiger partial charge in [-0.3, -0.25) is 44.7 Å². The number of nitro groups is 3. The van der Waals surface area contributed by atoms with Gasteiger partial charge in [0.25, 0.3) is 17.1 Å². The smallest absolute Gasteiger partial charge is 0.464 e. The molecule has 384 valence electrons. The molecule has 0 amide bonds. The summed E-state index contributed by atoms with van der Waals surface area (Å²) in [5.41, 5.74) is -7.50. The Bertz CT molecular complexity index is 2630. The lowest BCUT2D eigenvalue weighted by Crippen LogP contribution is -2.47. The van der Waals surface area contributed by atoms with Gasteiger partial charge in [0.1, 0.15) is 78.9 Å². The number of hydrogen-bond acceptors (Lipinski definition) is 24. The molecule has 2 atom stereocenters. The van der Waals surface area contributed by atoms with Crippen LogP contribution < -0.4 is 18.9 Å². The van der Waals surface area contributed by atoms with Gasteiger partial charge in [0, 0.05) is 36.4 Å². The number of carbonyl (C=O) groups is 7. The quantitative estimate of drug-likeness (QED) is 0.0183. The van der Waals surface area contributed by atoms with Crippen molar-refractivity contribution in [1.29, 1.82) is 0 Å². The van der Waals surface area contributed by atoms with Crippen LogP contribution >= 0.6 is 0 Å². The Morgan fingerprint density at radius 2 is 0.658 bits per heavy atom. The van der Waals surface area contributed by atoms with Gasteiger partial charge in [-0.1, -0.05) is 24.1 Å². The molecule has 0 aliphatic carbocycles. The lowest BCUT2D eigenvalue weighted by atomic mass is 9.90. The van der Waals surface area contributed by atoms with E-state index in [9.17, 15) is 63.9 Å². The summed E-state index contributed by atoms with van der Waals surface area (Å²) in [6, 6.07) is 20.1. The molecule has 0 aliphatic rings. The average Bonchev–Trinajstić information content (AvgIpc) is 3.37. The largest absolute Gasteiger partial charge is 0.513 e. The first kappa shape index (κ1) is 55.7. The van der Waals surface area contributed by atoms with Crippen LogP contribution in [0.1, 0.15) is 20.8 Å². The second kappa shape index (κ2) is 25.7. The molecular formula is C46H41N3O24. The van der Waals surface area contributed by atoms with Gasteiger partial charge in [0.05, 0.1) is 14.8 Å². The van der Waals surface area contributed by atoms with E-state index in [2.05, 4.69) is 5.92 Å². The number of ether oxygens (including phenoxy) is 11. The fraction of sp³-hybridized carbons (Fsp3) is 0.283. The number of nitrogens with zero attached hydrogens (tertiary/aromatic N) is 3. The Labute approximate surface area is 411 Å².